The highest BCUT2D eigenvalue weighted by Gasteiger charge is 2.51. The van der Waals surface area contributed by atoms with Gasteiger partial charge >= 0.3 is 0 Å². The van der Waals surface area contributed by atoms with Crippen molar-refractivity contribution in [3.63, 3.8) is 0 Å². The van der Waals surface area contributed by atoms with Crippen LogP contribution in [-0.2, 0) is 25.1 Å². The third-order valence-corrected chi connectivity index (χ3v) is 11.6. The first kappa shape index (κ1) is 29.5. The molecular weight excluding hydrogens is 522 g/mol. The van der Waals surface area contributed by atoms with Gasteiger partial charge in [-0.2, -0.15) is 4.31 Å². The fourth-order valence-corrected chi connectivity index (χ4v) is 9.99. The molecule has 0 spiro atoms. The Labute approximate surface area is 240 Å². The largest absolute Gasteiger partial charge is 0.381 e. The normalized spacial score (nSPS) is 25.2. The molecule has 1 atom stereocenters. The molecule has 2 fully saturated rings. The molecule has 1 saturated heterocycles. The van der Waals surface area contributed by atoms with Gasteiger partial charge in [0.2, 0.25) is 10.0 Å². The Morgan fingerprint density at radius 2 is 1.75 bits per heavy atom. The van der Waals surface area contributed by atoms with E-state index in [1.54, 1.807) is 4.31 Å². The molecular formula is C32H47N3O4S. The zero-order chi connectivity index (χ0) is 28.8. The highest BCUT2D eigenvalue weighted by molar-refractivity contribution is 7.89. The highest BCUT2D eigenvalue weighted by Crippen LogP contribution is 2.49. The van der Waals surface area contributed by atoms with E-state index in [-0.39, 0.29) is 29.8 Å². The number of amides is 1. The molecule has 5 rings (SSSR count). The number of hydrogen-bond acceptors (Lipinski definition) is 5. The van der Waals surface area contributed by atoms with Crippen molar-refractivity contribution in [2.75, 3.05) is 13.2 Å². The lowest BCUT2D eigenvalue weighted by molar-refractivity contribution is -0.118. The predicted octanol–water partition coefficient (Wildman–Crippen LogP) is 6.15. The summed E-state index contributed by atoms with van der Waals surface area (Å²) in [5.41, 5.74) is 3.61. The van der Waals surface area contributed by atoms with Gasteiger partial charge in [0.1, 0.15) is 5.70 Å². The van der Waals surface area contributed by atoms with E-state index in [1.165, 1.54) is 32.1 Å². The van der Waals surface area contributed by atoms with Crippen LogP contribution in [0, 0.1) is 5.92 Å². The summed E-state index contributed by atoms with van der Waals surface area (Å²) in [7, 11) is -3.63. The van der Waals surface area contributed by atoms with E-state index >= 15 is 0 Å². The molecule has 1 amide bonds. The van der Waals surface area contributed by atoms with Gasteiger partial charge in [0.05, 0.1) is 10.4 Å². The number of sulfonamides is 1. The summed E-state index contributed by atoms with van der Waals surface area (Å²) >= 11 is 0. The van der Waals surface area contributed by atoms with Crippen molar-refractivity contribution >= 4 is 21.6 Å². The Hall–Kier alpha value is -2.03. The van der Waals surface area contributed by atoms with E-state index in [0.29, 0.717) is 29.7 Å². The summed E-state index contributed by atoms with van der Waals surface area (Å²) in [5, 5.41) is 3.19. The number of carbonyl (C=O) groups is 1. The van der Waals surface area contributed by atoms with E-state index in [2.05, 4.69) is 31.3 Å². The molecule has 1 saturated carbocycles. The Balaban J connectivity index is 1.56. The van der Waals surface area contributed by atoms with Gasteiger partial charge in [0.15, 0.2) is 0 Å². The number of rotatable bonds is 7. The van der Waals surface area contributed by atoms with Crippen LogP contribution in [0.2, 0.25) is 0 Å². The third-order valence-electron chi connectivity index (χ3n) is 9.28. The molecule has 0 bridgehead atoms. The minimum Gasteiger partial charge on any atom is -0.381 e. The molecule has 1 unspecified atom stereocenters. The third kappa shape index (κ3) is 5.43. The second-order valence-corrected chi connectivity index (χ2v) is 15.0. The first-order valence-corrected chi connectivity index (χ1v) is 16.8. The average molecular weight is 570 g/mol. The zero-order valence-electron chi connectivity index (χ0n) is 25.1. The van der Waals surface area contributed by atoms with Crippen LogP contribution in [0.3, 0.4) is 0 Å². The summed E-state index contributed by atoms with van der Waals surface area (Å²) in [6.45, 7) is 13.4. The minimum atomic E-state index is -3.63. The van der Waals surface area contributed by atoms with Crippen molar-refractivity contribution in [2.24, 2.45) is 10.9 Å². The van der Waals surface area contributed by atoms with Gasteiger partial charge in [0, 0.05) is 36.9 Å². The fraction of sp³-hybridized carbons (Fsp3) is 0.688. The van der Waals surface area contributed by atoms with Crippen LogP contribution in [0.1, 0.15) is 121 Å². The molecule has 0 aromatic heterocycles. The quantitative estimate of drug-likeness (QED) is 0.427. The van der Waals surface area contributed by atoms with E-state index < -0.39 is 15.6 Å². The Bertz CT molecular complexity index is 1300. The minimum absolute atomic E-state index is 0.0341. The van der Waals surface area contributed by atoms with Crippen LogP contribution in [0.15, 0.2) is 33.8 Å². The van der Waals surface area contributed by atoms with Crippen molar-refractivity contribution < 1.29 is 17.9 Å². The van der Waals surface area contributed by atoms with Gasteiger partial charge in [-0.15, -0.1) is 0 Å². The van der Waals surface area contributed by atoms with Gasteiger partial charge in [-0.25, -0.2) is 8.42 Å². The number of ether oxygens (including phenoxy) is 1. The number of nitrogens with zero attached hydrogens (tertiary/aromatic N) is 2. The van der Waals surface area contributed by atoms with Crippen molar-refractivity contribution in [3.05, 3.63) is 40.6 Å². The van der Waals surface area contributed by atoms with Crippen molar-refractivity contribution in [1.29, 1.82) is 0 Å². The first-order chi connectivity index (χ1) is 18.9. The van der Waals surface area contributed by atoms with E-state index in [0.717, 1.165) is 41.7 Å². The summed E-state index contributed by atoms with van der Waals surface area (Å²) in [5.74, 6) is 0.363. The average Bonchev–Trinajstić information content (AvgIpc) is 3.38. The lowest BCUT2D eigenvalue weighted by Crippen LogP contribution is -2.43. The molecule has 1 aliphatic carbocycles. The number of nitrogens with one attached hydrogen (secondary N) is 1. The standard InChI is InChI=1S/C32H47N3O4S/c1-20(2)25-17-23(18-27-30(25)40(37,38)35(21(3)4)32(27,5)6)26-19-29(31(36)33-24-12-14-39-15-13-24)34-28(26)16-22-10-8-7-9-11-22/h17-22,24,26H,7-16H2,1-6H3,(H,33,36). The van der Waals surface area contributed by atoms with Crippen LogP contribution >= 0.6 is 0 Å². The Kier molecular flexibility index (Phi) is 8.35. The molecule has 3 heterocycles. The molecule has 1 N–H and O–H groups in total. The molecule has 4 aliphatic rings. The Morgan fingerprint density at radius 3 is 2.38 bits per heavy atom. The van der Waals surface area contributed by atoms with Gasteiger partial charge in [0.25, 0.3) is 5.91 Å². The summed E-state index contributed by atoms with van der Waals surface area (Å²) in [4.78, 5) is 18.8. The molecule has 3 aliphatic heterocycles. The maximum Gasteiger partial charge on any atom is 0.269 e. The number of allylic oxidation sites excluding steroid dienone is 1. The lowest BCUT2D eigenvalue weighted by atomic mass is 9.80. The second-order valence-electron chi connectivity index (χ2n) is 13.3. The first-order valence-electron chi connectivity index (χ1n) is 15.3. The SMILES string of the molecule is CC(C)c1cc(C2C=C(C(=O)NC3CCOCC3)N=C2CC2CCCCC2)cc2c1S(=O)(=O)N(C(C)C)C2(C)C. The van der Waals surface area contributed by atoms with E-state index in [4.69, 9.17) is 9.73 Å². The lowest BCUT2D eigenvalue weighted by Gasteiger charge is -2.33. The molecule has 40 heavy (non-hydrogen) atoms. The Morgan fingerprint density at radius 1 is 1.07 bits per heavy atom. The smallest absolute Gasteiger partial charge is 0.269 e. The van der Waals surface area contributed by atoms with E-state index in [1.807, 2.05) is 33.8 Å². The number of aliphatic imine (C=N–C) groups is 1. The van der Waals surface area contributed by atoms with Gasteiger partial charge in [-0.05, 0) is 81.6 Å². The van der Waals surface area contributed by atoms with Crippen LogP contribution < -0.4 is 5.32 Å². The molecule has 1 aromatic carbocycles. The molecule has 1 aromatic rings. The maximum atomic E-state index is 13.9. The molecule has 220 valence electrons. The van der Waals surface area contributed by atoms with Crippen molar-refractivity contribution in [2.45, 2.75) is 127 Å². The van der Waals surface area contributed by atoms with Crippen molar-refractivity contribution in [3.8, 4) is 0 Å². The van der Waals surface area contributed by atoms with Gasteiger partial charge < -0.3 is 10.1 Å². The number of fused-ring (bicyclic) bond motifs is 1. The van der Waals surface area contributed by atoms with Crippen LogP contribution in [0.25, 0.3) is 0 Å². The predicted molar refractivity (Wildman–Crippen MR) is 159 cm³/mol. The summed E-state index contributed by atoms with van der Waals surface area (Å²) in [6.07, 6.45) is 10.7. The monoisotopic (exact) mass is 569 g/mol. The maximum absolute atomic E-state index is 13.9. The van der Waals surface area contributed by atoms with Gasteiger partial charge in [-0.3, -0.25) is 9.79 Å². The zero-order valence-corrected chi connectivity index (χ0v) is 25.9. The summed E-state index contributed by atoms with van der Waals surface area (Å²) in [6, 6.07) is 4.13. The van der Waals surface area contributed by atoms with E-state index in [9.17, 15) is 13.2 Å². The molecule has 7 nitrogen and oxygen atoms in total. The van der Waals surface area contributed by atoms with Crippen LogP contribution in [0.5, 0.6) is 0 Å². The van der Waals surface area contributed by atoms with Crippen LogP contribution in [-0.4, -0.2) is 49.6 Å². The van der Waals surface area contributed by atoms with Gasteiger partial charge in [-0.1, -0.05) is 58.1 Å². The van der Waals surface area contributed by atoms with Crippen molar-refractivity contribution in [1.82, 2.24) is 9.62 Å². The highest BCUT2D eigenvalue weighted by atomic mass is 32.2. The fourth-order valence-electron chi connectivity index (χ4n) is 7.36. The summed E-state index contributed by atoms with van der Waals surface area (Å²) < 4.78 is 34.9. The number of benzene rings is 1. The number of carbonyl (C=O) groups excluding carboxylic acids is 1. The topological polar surface area (TPSA) is 88.1 Å². The number of hydrogen-bond donors (Lipinski definition) is 1. The van der Waals surface area contributed by atoms with Crippen LogP contribution in [0.4, 0.5) is 0 Å². The molecule has 0 radical (unpaired) electrons. The molecule has 8 heteroatoms. The second kappa shape index (κ2) is 11.3.